The fourth-order valence-electron chi connectivity index (χ4n) is 1.52. The SMILES string of the molecule is CC(C)(C)[Si](C)(C)OC(C=O)Cc1ccccc1. The topological polar surface area (TPSA) is 26.3 Å². The lowest BCUT2D eigenvalue weighted by molar-refractivity contribution is -0.114. The van der Waals surface area contributed by atoms with Crippen LogP contribution in [-0.2, 0) is 15.6 Å². The van der Waals surface area contributed by atoms with Crippen LogP contribution in [0.4, 0.5) is 0 Å². The summed E-state index contributed by atoms with van der Waals surface area (Å²) in [4.78, 5) is 11.2. The summed E-state index contributed by atoms with van der Waals surface area (Å²) in [5.41, 5.74) is 1.15. The van der Waals surface area contributed by atoms with E-state index < -0.39 is 8.32 Å². The Labute approximate surface area is 111 Å². The van der Waals surface area contributed by atoms with Gasteiger partial charge in [0.25, 0.3) is 0 Å². The smallest absolute Gasteiger partial charge is 0.193 e. The molecule has 0 N–H and O–H groups in total. The number of rotatable bonds is 5. The Kier molecular flexibility index (Phi) is 4.88. The molecule has 0 aliphatic rings. The van der Waals surface area contributed by atoms with Gasteiger partial charge in [-0.3, -0.25) is 0 Å². The van der Waals surface area contributed by atoms with Crippen molar-refractivity contribution < 1.29 is 9.22 Å². The molecule has 1 atom stereocenters. The van der Waals surface area contributed by atoms with Crippen molar-refractivity contribution in [3.05, 3.63) is 35.9 Å². The highest BCUT2D eigenvalue weighted by atomic mass is 28.4. The second kappa shape index (κ2) is 5.80. The number of carbonyl (C=O) groups excluding carboxylic acids is 1. The average molecular weight is 264 g/mol. The predicted octanol–water partition coefficient (Wildman–Crippen LogP) is 3.82. The molecule has 0 heterocycles. The van der Waals surface area contributed by atoms with Crippen molar-refractivity contribution >= 4 is 14.6 Å². The lowest BCUT2D eigenvalue weighted by Crippen LogP contribution is -2.44. The average Bonchev–Trinajstić information content (AvgIpc) is 2.27. The van der Waals surface area contributed by atoms with Crippen molar-refractivity contribution in [2.45, 2.75) is 51.4 Å². The molecule has 3 heteroatoms. The van der Waals surface area contributed by atoms with E-state index in [2.05, 4.69) is 33.9 Å². The van der Waals surface area contributed by atoms with E-state index in [-0.39, 0.29) is 11.1 Å². The Balaban J connectivity index is 2.72. The van der Waals surface area contributed by atoms with Crippen LogP contribution in [-0.4, -0.2) is 20.7 Å². The normalized spacial score (nSPS) is 14.3. The lowest BCUT2D eigenvalue weighted by Gasteiger charge is -2.38. The van der Waals surface area contributed by atoms with Crippen molar-refractivity contribution in [1.82, 2.24) is 0 Å². The zero-order valence-electron chi connectivity index (χ0n) is 12.1. The zero-order valence-corrected chi connectivity index (χ0v) is 13.1. The molecule has 0 saturated carbocycles. The molecule has 0 amide bonds. The number of carbonyl (C=O) groups is 1. The monoisotopic (exact) mass is 264 g/mol. The minimum Gasteiger partial charge on any atom is -0.407 e. The van der Waals surface area contributed by atoms with Gasteiger partial charge in [-0.2, -0.15) is 0 Å². The van der Waals surface area contributed by atoms with Gasteiger partial charge in [-0.05, 0) is 23.7 Å². The van der Waals surface area contributed by atoms with Gasteiger partial charge < -0.3 is 9.22 Å². The van der Waals surface area contributed by atoms with E-state index in [0.717, 1.165) is 11.8 Å². The van der Waals surface area contributed by atoms with Crippen LogP contribution in [0.5, 0.6) is 0 Å². The first-order valence-electron chi connectivity index (χ1n) is 6.43. The Morgan fingerprint density at radius 3 is 2.22 bits per heavy atom. The second-order valence-electron chi connectivity index (χ2n) is 6.24. The van der Waals surface area contributed by atoms with E-state index in [1.54, 1.807) is 0 Å². The Hall–Kier alpha value is -0.933. The Bertz CT molecular complexity index is 379. The van der Waals surface area contributed by atoms with Crippen LogP contribution in [0.3, 0.4) is 0 Å². The summed E-state index contributed by atoms with van der Waals surface area (Å²) in [7, 11) is -1.87. The van der Waals surface area contributed by atoms with Gasteiger partial charge in [0.1, 0.15) is 12.4 Å². The molecule has 0 aliphatic heterocycles. The number of benzene rings is 1. The van der Waals surface area contributed by atoms with Crippen LogP contribution in [0.1, 0.15) is 26.3 Å². The second-order valence-corrected chi connectivity index (χ2v) is 11.0. The van der Waals surface area contributed by atoms with Crippen molar-refractivity contribution in [1.29, 1.82) is 0 Å². The number of hydrogen-bond donors (Lipinski definition) is 0. The molecule has 0 bridgehead atoms. The standard InChI is InChI=1S/C15H24O2Si/c1-15(2,3)18(4,5)17-14(12-16)11-13-9-7-6-8-10-13/h6-10,12,14H,11H2,1-5H3. The summed E-state index contributed by atoms with van der Waals surface area (Å²) in [6.07, 6.45) is 1.28. The quantitative estimate of drug-likeness (QED) is 0.597. The summed E-state index contributed by atoms with van der Waals surface area (Å²) >= 11 is 0. The Morgan fingerprint density at radius 1 is 1.22 bits per heavy atom. The molecule has 100 valence electrons. The van der Waals surface area contributed by atoms with E-state index in [1.807, 2.05) is 30.3 Å². The molecular formula is C15H24O2Si. The fourth-order valence-corrected chi connectivity index (χ4v) is 2.77. The van der Waals surface area contributed by atoms with Gasteiger partial charge in [-0.1, -0.05) is 51.1 Å². The van der Waals surface area contributed by atoms with Crippen LogP contribution in [0.2, 0.25) is 18.1 Å². The molecule has 0 radical (unpaired) electrons. The molecule has 0 spiro atoms. The maximum absolute atomic E-state index is 11.2. The minimum absolute atomic E-state index is 0.130. The fraction of sp³-hybridized carbons (Fsp3) is 0.533. The summed E-state index contributed by atoms with van der Waals surface area (Å²) in [5.74, 6) is 0. The van der Waals surface area contributed by atoms with Crippen LogP contribution in [0, 0.1) is 0 Å². The van der Waals surface area contributed by atoms with Gasteiger partial charge in [0.05, 0.1) is 0 Å². The largest absolute Gasteiger partial charge is 0.407 e. The van der Waals surface area contributed by atoms with E-state index in [0.29, 0.717) is 6.42 Å². The molecule has 0 saturated heterocycles. The molecule has 1 aromatic carbocycles. The summed E-state index contributed by atoms with van der Waals surface area (Å²) in [6.45, 7) is 10.9. The van der Waals surface area contributed by atoms with E-state index in [9.17, 15) is 4.79 Å². The highest BCUT2D eigenvalue weighted by Gasteiger charge is 2.39. The van der Waals surface area contributed by atoms with Crippen molar-refractivity contribution in [2.24, 2.45) is 0 Å². The third-order valence-electron chi connectivity index (χ3n) is 3.68. The van der Waals surface area contributed by atoms with Gasteiger partial charge in [0.2, 0.25) is 0 Å². The zero-order chi connectivity index (χ0) is 13.8. The molecule has 2 nitrogen and oxygen atoms in total. The van der Waals surface area contributed by atoms with E-state index in [1.165, 1.54) is 0 Å². The summed E-state index contributed by atoms with van der Waals surface area (Å²) < 4.78 is 6.13. The number of hydrogen-bond acceptors (Lipinski definition) is 2. The van der Waals surface area contributed by atoms with Crippen molar-refractivity contribution in [3.8, 4) is 0 Å². The molecular weight excluding hydrogens is 240 g/mol. The Morgan fingerprint density at radius 2 is 1.78 bits per heavy atom. The van der Waals surface area contributed by atoms with Crippen LogP contribution < -0.4 is 0 Å². The molecule has 0 aromatic heterocycles. The van der Waals surface area contributed by atoms with Crippen LogP contribution >= 0.6 is 0 Å². The first-order chi connectivity index (χ1) is 8.26. The van der Waals surface area contributed by atoms with Crippen LogP contribution in [0.15, 0.2) is 30.3 Å². The van der Waals surface area contributed by atoms with Crippen molar-refractivity contribution in [2.75, 3.05) is 0 Å². The van der Waals surface area contributed by atoms with E-state index in [4.69, 9.17) is 4.43 Å². The van der Waals surface area contributed by atoms with Gasteiger partial charge in [-0.15, -0.1) is 0 Å². The molecule has 0 aliphatic carbocycles. The minimum atomic E-state index is -1.87. The lowest BCUT2D eigenvalue weighted by atomic mass is 10.1. The summed E-state index contributed by atoms with van der Waals surface area (Å²) in [6, 6.07) is 10.0. The third-order valence-corrected chi connectivity index (χ3v) is 8.19. The third kappa shape index (κ3) is 4.07. The summed E-state index contributed by atoms with van der Waals surface area (Å²) in [5, 5.41) is 0.130. The molecule has 1 rings (SSSR count). The molecule has 1 unspecified atom stereocenters. The van der Waals surface area contributed by atoms with Gasteiger partial charge in [0, 0.05) is 6.42 Å². The highest BCUT2D eigenvalue weighted by Crippen LogP contribution is 2.37. The molecule has 0 fully saturated rings. The van der Waals surface area contributed by atoms with Gasteiger partial charge in [0.15, 0.2) is 8.32 Å². The molecule has 1 aromatic rings. The maximum Gasteiger partial charge on any atom is 0.193 e. The predicted molar refractivity (Wildman–Crippen MR) is 78.3 cm³/mol. The number of aldehydes is 1. The van der Waals surface area contributed by atoms with Crippen LogP contribution in [0.25, 0.3) is 0 Å². The first kappa shape index (κ1) is 15.1. The highest BCUT2D eigenvalue weighted by molar-refractivity contribution is 6.74. The molecule has 18 heavy (non-hydrogen) atoms. The van der Waals surface area contributed by atoms with Gasteiger partial charge >= 0.3 is 0 Å². The first-order valence-corrected chi connectivity index (χ1v) is 9.34. The van der Waals surface area contributed by atoms with Gasteiger partial charge in [-0.25, -0.2) is 0 Å². The van der Waals surface area contributed by atoms with Crippen molar-refractivity contribution in [3.63, 3.8) is 0 Å². The van der Waals surface area contributed by atoms with E-state index >= 15 is 0 Å². The maximum atomic E-state index is 11.2.